The Kier molecular flexibility index (Phi) is 6.80. The first kappa shape index (κ1) is 21.7. The molecule has 1 fully saturated rings. The summed E-state index contributed by atoms with van der Waals surface area (Å²) < 4.78 is 34.7. The van der Waals surface area contributed by atoms with Gasteiger partial charge in [0.15, 0.2) is 0 Å². The van der Waals surface area contributed by atoms with Crippen molar-refractivity contribution in [1.82, 2.24) is 9.55 Å². The van der Waals surface area contributed by atoms with Crippen LogP contribution in [0.5, 0.6) is 0 Å². The summed E-state index contributed by atoms with van der Waals surface area (Å²) in [7, 11) is 1.69. The van der Waals surface area contributed by atoms with Crippen LogP contribution >= 0.6 is 0 Å². The van der Waals surface area contributed by atoms with E-state index in [-0.39, 0.29) is 36.7 Å². The van der Waals surface area contributed by atoms with E-state index in [4.69, 9.17) is 14.2 Å². The van der Waals surface area contributed by atoms with Crippen molar-refractivity contribution in [2.24, 2.45) is 0 Å². The van der Waals surface area contributed by atoms with Crippen LogP contribution in [0.25, 0.3) is 5.69 Å². The molecule has 1 aliphatic heterocycles. The van der Waals surface area contributed by atoms with Crippen LogP contribution in [0.15, 0.2) is 60.9 Å². The molecule has 0 aliphatic carbocycles. The normalized spacial score (nSPS) is 21.5. The van der Waals surface area contributed by atoms with Gasteiger partial charge >= 0.3 is 0 Å². The Morgan fingerprint density at radius 2 is 2.00 bits per heavy atom. The number of aromatic nitrogens is 2. The van der Waals surface area contributed by atoms with Crippen molar-refractivity contribution in [2.75, 3.05) is 13.7 Å². The number of halogens is 1. The smallest absolute Gasteiger partial charge is 0.147 e. The first-order chi connectivity index (χ1) is 15.1. The molecule has 5 nitrogen and oxygen atoms in total. The maximum atomic E-state index is 15.0. The second-order valence-corrected chi connectivity index (χ2v) is 8.14. The molecule has 0 amide bonds. The van der Waals surface area contributed by atoms with Gasteiger partial charge in [0.25, 0.3) is 0 Å². The zero-order valence-corrected chi connectivity index (χ0v) is 18.2. The average Bonchev–Trinajstić information content (AvgIpc) is 3.28. The molecule has 3 unspecified atom stereocenters. The van der Waals surface area contributed by atoms with E-state index >= 15 is 0 Å². The number of rotatable bonds is 7. The number of ether oxygens (including phenoxy) is 3. The van der Waals surface area contributed by atoms with Gasteiger partial charge in [-0.25, -0.2) is 9.37 Å². The molecule has 0 saturated carbocycles. The molecule has 4 rings (SSSR count). The van der Waals surface area contributed by atoms with Gasteiger partial charge in [-0.1, -0.05) is 50.2 Å². The fourth-order valence-electron chi connectivity index (χ4n) is 4.11. The minimum Gasteiger partial charge on any atom is -0.379 e. The van der Waals surface area contributed by atoms with Gasteiger partial charge < -0.3 is 18.8 Å². The molecule has 0 radical (unpaired) electrons. The number of hydrogen-bond donors (Lipinski definition) is 0. The predicted molar refractivity (Wildman–Crippen MR) is 117 cm³/mol. The highest BCUT2D eigenvalue weighted by Gasteiger charge is 2.36. The molecule has 31 heavy (non-hydrogen) atoms. The fraction of sp³-hybridized carbons (Fsp3) is 0.400. The third-order valence-electron chi connectivity index (χ3n) is 5.70. The molecule has 1 aliphatic rings. The van der Waals surface area contributed by atoms with Gasteiger partial charge in [-0.05, 0) is 29.7 Å². The molecule has 1 saturated heterocycles. The number of hydrogen-bond acceptors (Lipinski definition) is 4. The third-order valence-corrected chi connectivity index (χ3v) is 5.70. The van der Waals surface area contributed by atoms with Crippen LogP contribution in [-0.4, -0.2) is 35.5 Å². The van der Waals surface area contributed by atoms with Crippen molar-refractivity contribution in [1.29, 1.82) is 0 Å². The first-order valence-corrected chi connectivity index (χ1v) is 10.7. The molecule has 164 valence electrons. The standard InChI is InChI=1S/C25H29FN2O3/c1-17(2)25-27-12-13-28(25)21-10-9-18(15-20(21)26)16-31-24-22(29-3)11-14-30-23(24)19-7-5-4-6-8-19/h4-10,12-13,15,17,22-24H,11,14,16H2,1-3H3. The molecule has 0 bridgehead atoms. The molecule has 1 aromatic heterocycles. The first-order valence-electron chi connectivity index (χ1n) is 10.7. The van der Waals surface area contributed by atoms with Gasteiger partial charge in [-0.15, -0.1) is 0 Å². The number of benzene rings is 2. The Morgan fingerprint density at radius 3 is 2.71 bits per heavy atom. The molecule has 3 aromatic rings. The van der Waals surface area contributed by atoms with Crippen molar-refractivity contribution >= 4 is 0 Å². The number of imidazole rings is 1. The molecule has 0 spiro atoms. The largest absolute Gasteiger partial charge is 0.379 e. The second kappa shape index (κ2) is 9.73. The van der Waals surface area contributed by atoms with E-state index in [1.165, 1.54) is 6.07 Å². The minimum atomic E-state index is -0.302. The van der Waals surface area contributed by atoms with Crippen LogP contribution in [0, 0.1) is 5.82 Å². The van der Waals surface area contributed by atoms with Crippen LogP contribution in [-0.2, 0) is 20.8 Å². The summed E-state index contributed by atoms with van der Waals surface area (Å²) in [5.41, 5.74) is 2.31. The molecule has 0 N–H and O–H groups in total. The topological polar surface area (TPSA) is 45.5 Å². The van der Waals surface area contributed by atoms with Crippen molar-refractivity contribution < 1.29 is 18.6 Å². The quantitative estimate of drug-likeness (QED) is 0.523. The molecular formula is C25H29FN2O3. The van der Waals surface area contributed by atoms with Crippen molar-refractivity contribution in [3.8, 4) is 5.69 Å². The zero-order chi connectivity index (χ0) is 21.8. The lowest BCUT2D eigenvalue weighted by atomic mass is 9.96. The summed E-state index contributed by atoms with van der Waals surface area (Å²) >= 11 is 0. The van der Waals surface area contributed by atoms with E-state index in [0.717, 1.165) is 23.4 Å². The van der Waals surface area contributed by atoms with E-state index in [0.29, 0.717) is 12.3 Å². The second-order valence-electron chi connectivity index (χ2n) is 8.14. The summed E-state index contributed by atoms with van der Waals surface area (Å²) in [4.78, 5) is 4.35. The Hall–Kier alpha value is -2.54. The van der Waals surface area contributed by atoms with Crippen LogP contribution in [0.4, 0.5) is 4.39 Å². The van der Waals surface area contributed by atoms with Gasteiger partial charge in [-0.3, -0.25) is 0 Å². The number of nitrogens with zero attached hydrogens (tertiary/aromatic N) is 2. The van der Waals surface area contributed by atoms with E-state index in [1.807, 2.05) is 50.2 Å². The molecule has 3 atom stereocenters. The van der Waals surface area contributed by atoms with E-state index in [2.05, 4.69) is 4.98 Å². The lowest BCUT2D eigenvalue weighted by Gasteiger charge is -2.37. The van der Waals surface area contributed by atoms with Gasteiger partial charge in [0, 0.05) is 25.4 Å². The average molecular weight is 425 g/mol. The lowest BCUT2D eigenvalue weighted by molar-refractivity contribution is -0.175. The molecular weight excluding hydrogens is 395 g/mol. The maximum Gasteiger partial charge on any atom is 0.147 e. The predicted octanol–water partition coefficient (Wildman–Crippen LogP) is 5.20. The summed E-state index contributed by atoms with van der Waals surface area (Å²) in [5, 5.41) is 0. The zero-order valence-electron chi connectivity index (χ0n) is 18.2. The fourth-order valence-corrected chi connectivity index (χ4v) is 4.11. The van der Waals surface area contributed by atoms with Crippen LogP contribution < -0.4 is 0 Å². The highest BCUT2D eigenvalue weighted by atomic mass is 19.1. The SMILES string of the molecule is COC1CCOC(c2ccccc2)C1OCc1ccc(-n2ccnc2C(C)C)c(F)c1. The minimum absolute atomic E-state index is 0.0809. The third kappa shape index (κ3) is 4.71. The molecule has 2 aromatic carbocycles. The summed E-state index contributed by atoms with van der Waals surface area (Å²) in [6.07, 6.45) is 3.67. The van der Waals surface area contributed by atoms with Crippen molar-refractivity contribution in [3.05, 3.63) is 83.7 Å². The monoisotopic (exact) mass is 424 g/mol. The van der Waals surface area contributed by atoms with E-state index in [1.54, 1.807) is 30.1 Å². The summed E-state index contributed by atoms with van der Waals surface area (Å²) in [5.74, 6) is 0.726. The Labute approximate surface area is 182 Å². The highest BCUT2D eigenvalue weighted by molar-refractivity contribution is 5.38. The van der Waals surface area contributed by atoms with Crippen LogP contribution in [0.1, 0.15) is 49.2 Å². The van der Waals surface area contributed by atoms with Gasteiger partial charge in [0.2, 0.25) is 0 Å². The van der Waals surface area contributed by atoms with E-state index < -0.39 is 0 Å². The van der Waals surface area contributed by atoms with E-state index in [9.17, 15) is 4.39 Å². The van der Waals surface area contributed by atoms with Gasteiger partial charge in [0.05, 0.1) is 25.0 Å². The highest BCUT2D eigenvalue weighted by Crippen LogP contribution is 2.33. The summed E-state index contributed by atoms with van der Waals surface area (Å²) in [6, 6.07) is 15.2. The van der Waals surface area contributed by atoms with Gasteiger partial charge in [0.1, 0.15) is 23.8 Å². The molecule has 6 heteroatoms. The number of methoxy groups -OCH3 is 1. The summed E-state index contributed by atoms with van der Waals surface area (Å²) in [6.45, 7) is 4.97. The van der Waals surface area contributed by atoms with Crippen molar-refractivity contribution in [2.45, 2.75) is 51.1 Å². The maximum absolute atomic E-state index is 15.0. The lowest BCUT2D eigenvalue weighted by Crippen LogP contribution is -2.42. The van der Waals surface area contributed by atoms with Crippen LogP contribution in [0.3, 0.4) is 0 Å². The van der Waals surface area contributed by atoms with Gasteiger partial charge in [-0.2, -0.15) is 0 Å². The Balaban J connectivity index is 1.52. The Bertz CT molecular complexity index is 989. The Morgan fingerprint density at radius 1 is 1.19 bits per heavy atom. The van der Waals surface area contributed by atoms with Crippen LogP contribution in [0.2, 0.25) is 0 Å². The van der Waals surface area contributed by atoms with Crippen molar-refractivity contribution in [3.63, 3.8) is 0 Å². The molecule has 2 heterocycles.